The van der Waals surface area contributed by atoms with Gasteiger partial charge in [0.15, 0.2) is 0 Å². The zero-order valence-corrected chi connectivity index (χ0v) is 7.38. The third-order valence-electron chi connectivity index (χ3n) is 2.56. The summed E-state index contributed by atoms with van der Waals surface area (Å²) in [7, 11) is 0. The van der Waals surface area contributed by atoms with Crippen LogP contribution in [0.25, 0.3) is 0 Å². The van der Waals surface area contributed by atoms with Crippen LogP contribution in [0.5, 0.6) is 0 Å². The van der Waals surface area contributed by atoms with Crippen LogP contribution in [0.1, 0.15) is 32.6 Å². The molecule has 0 aliphatic heterocycles. The van der Waals surface area contributed by atoms with Crippen molar-refractivity contribution >= 4 is 12.6 Å². The Kier molecular flexibility index (Phi) is 3.20. The summed E-state index contributed by atoms with van der Waals surface area (Å²) in [6.07, 6.45) is 5.38. The molecule has 0 fully saturated rings. The highest BCUT2D eigenvalue weighted by atomic mass is 16.1. The maximum absolute atomic E-state index is 10.6. The van der Waals surface area contributed by atoms with Gasteiger partial charge in [0.2, 0.25) is 0 Å². The van der Waals surface area contributed by atoms with E-state index in [4.69, 9.17) is 0 Å². The van der Waals surface area contributed by atoms with Crippen molar-refractivity contribution in [2.75, 3.05) is 0 Å². The van der Waals surface area contributed by atoms with Gasteiger partial charge in [0.05, 0.1) is 0 Å². The maximum Gasteiger partial charge on any atom is 0.146 e. The van der Waals surface area contributed by atoms with E-state index in [0.29, 0.717) is 12.3 Å². The lowest BCUT2D eigenvalue weighted by molar-refractivity contribution is -0.108. The van der Waals surface area contributed by atoms with E-state index in [1.807, 2.05) is 6.92 Å². The van der Waals surface area contributed by atoms with Crippen LogP contribution in [-0.2, 0) is 9.59 Å². The first-order valence-corrected chi connectivity index (χ1v) is 4.38. The average molecular weight is 166 g/mol. The minimum atomic E-state index is 0.354. The molecule has 2 heteroatoms. The molecule has 12 heavy (non-hydrogen) atoms. The summed E-state index contributed by atoms with van der Waals surface area (Å²) in [5.41, 5.74) is 2.15. The first kappa shape index (κ1) is 9.17. The van der Waals surface area contributed by atoms with E-state index in [-0.39, 0.29) is 0 Å². The summed E-state index contributed by atoms with van der Waals surface area (Å²) in [5, 5.41) is 0. The molecule has 0 N–H and O–H groups in total. The fraction of sp³-hybridized carbons (Fsp3) is 0.600. The van der Waals surface area contributed by atoms with Gasteiger partial charge in [-0.25, -0.2) is 0 Å². The first-order chi connectivity index (χ1) is 5.79. The number of allylic oxidation sites excluding steroid dienone is 2. The van der Waals surface area contributed by atoms with Crippen molar-refractivity contribution in [2.24, 2.45) is 5.92 Å². The second kappa shape index (κ2) is 4.19. The molecule has 66 valence electrons. The molecule has 0 spiro atoms. The lowest BCUT2D eigenvalue weighted by Gasteiger charge is -2.07. The molecular formula is C10H14O2. The van der Waals surface area contributed by atoms with Crippen LogP contribution in [0.4, 0.5) is 0 Å². The summed E-state index contributed by atoms with van der Waals surface area (Å²) in [4.78, 5) is 20.8. The molecule has 1 aliphatic rings. The molecule has 0 radical (unpaired) electrons. The molecule has 0 saturated heterocycles. The van der Waals surface area contributed by atoms with Crippen LogP contribution < -0.4 is 0 Å². The highest BCUT2D eigenvalue weighted by molar-refractivity contribution is 5.76. The average Bonchev–Trinajstić information content (AvgIpc) is 2.43. The van der Waals surface area contributed by atoms with Crippen LogP contribution in [0, 0.1) is 5.92 Å². The van der Waals surface area contributed by atoms with E-state index in [1.54, 1.807) is 0 Å². The molecule has 1 rings (SSSR count). The smallest absolute Gasteiger partial charge is 0.146 e. The van der Waals surface area contributed by atoms with Gasteiger partial charge in [-0.1, -0.05) is 5.57 Å². The number of aldehydes is 2. The number of carbonyl (C=O) groups excluding carboxylic acids is 2. The summed E-state index contributed by atoms with van der Waals surface area (Å²) in [5.74, 6) is 0.354. The quantitative estimate of drug-likeness (QED) is 0.598. The third kappa shape index (κ3) is 1.81. The van der Waals surface area contributed by atoms with E-state index in [2.05, 4.69) is 0 Å². The Hall–Kier alpha value is -0.920. The van der Waals surface area contributed by atoms with E-state index in [0.717, 1.165) is 37.4 Å². The predicted molar refractivity (Wildman–Crippen MR) is 46.8 cm³/mol. The second-order valence-electron chi connectivity index (χ2n) is 3.33. The van der Waals surface area contributed by atoms with Crippen molar-refractivity contribution in [3.05, 3.63) is 11.1 Å². The minimum Gasteiger partial charge on any atom is -0.303 e. The largest absolute Gasteiger partial charge is 0.303 e. The SMILES string of the molecule is CC1=C(C=O)[C@H](CCC=O)CC1. The Balaban J connectivity index is 2.56. The molecule has 0 heterocycles. The van der Waals surface area contributed by atoms with Gasteiger partial charge in [-0.3, -0.25) is 4.79 Å². The molecule has 0 amide bonds. The Morgan fingerprint density at radius 2 is 2.25 bits per heavy atom. The van der Waals surface area contributed by atoms with E-state index < -0.39 is 0 Å². The molecule has 0 bridgehead atoms. The van der Waals surface area contributed by atoms with Crippen molar-refractivity contribution in [2.45, 2.75) is 32.6 Å². The Bertz CT molecular complexity index is 216. The molecule has 0 unspecified atom stereocenters. The molecular weight excluding hydrogens is 152 g/mol. The third-order valence-corrected chi connectivity index (χ3v) is 2.56. The normalized spacial score (nSPS) is 22.9. The molecule has 1 atom stereocenters. The zero-order valence-electron chi connectivity index (χ0n) is 7.38. The first-order valence-electron chi connectivity index (χ1n) is 4.38. The number of hydrogen-bond acceptors (Lipinski definition) is 2. The van der Waals surface area contributed by atoms with Gasteiger partial charge in [-0.2, -0.15) is 0 Å². The van der Waals surface area contributed by atoms with Crippen LogP contribution in [-0.4, -0.2) is 12.6 Å². The summed E-state index contributed by atoms with van der Waals surface area (Å²) >= 11 is 0. The van der Waals surface area contributed by atoms with Crippen LogP contribution >= 0.6 is 0 Å². The van der Waals surface area contributed by atoms with Crippen molar-refractivity contribution in [1.29, 1.82) is 0 Å². The van der Waals surface area contributed by atoms with Gasteiger partial charge in [-0.05, 0) is 37.7 Å². The van der Waals surface area contributed by atoms with E-state index >= 15 is 0 Å². The van der Waals surface area contributed by atoms with Gasteiger partial charge in [0, 0.05) is 6.42 Å². The summed E-state index contributed by atoms with van der Waals surface area (Å²) in [6, 6.07) is 0. The summed E-state index contributed by atoms with van der Waals surface area (Å²) in [6.45, 7) is 2.00. The van der Waals surface area contributed by atoms with Crippen LogP contribution in [0.15, 0.2) is 11.1 Å². The fourth-order valence-electron chi connectivity index (χ4n) is 1.80. The number of carbonyl (C=O) groups is 2. The zero-order chi connectivity index (χ0) is 8.97. The van der Waals surface area contributed by atoms with Gasteiger partial charge in [0.25, 0.3) is 0 Å². The molecule has 0 aromatic heterocycles. The molecule has 0 saturated carbocycles. The van der Waals surface area contributed by atoms with E-state index in [1.165, 1.54) is 5.57 Å². The van der Waals surface area contributed by atoms with Crippen molar-refractivity contribution in [3.8, 4) is 0 Å². The second-order valence-corrected chi connectivity index (χ2v) is 3.33. The predicted octanol–water partition coefficient (Wildman–Crippen LogP) is 1.89. The molecule has 0 aromatic rings. The minimum absolute atomic E-state index is 0.354. The van der Waals surface area contributed by atoms with Gasteiger partial charge in [0.1, 0.15) is 12.6 Å². The number of hydrogen-bond donors (Lipinski definition) is 0. The van der Waals surface area contributed by atoms with Crippen molar-refractivity contribution in [3.63, 3.8) is 0 Å². The van der Waals surface area contributed by atoms with Crippen molar-refractivity contribution < 1.29 is 9.59 Å². The van der Waals surface area contributed by atoms with Gasteiger partial charge in [-0.15, -0.1) is 0 Å². The lowest BCUT2D eigenvalue weighted by Crippen LogP contribution is -2.01. The molecule has 0 aromatic carbocycles. The Morgan fingerprint density at radius 3 is 2.83 bits per heavy atom. The Labute approximate surface area is 72.7 Å². The van der Waals surface area contributed by atoms with E-state index in [9.17, 15) is 9.59 Å². The number of rotatable bonds is 4. The lowest BCUT2D eigenvalue weighted by atomic mass is 9.97. The highest BCUT2D eigenvalue weighted by Crippen LogP contribution is 2.32. The summed E-state index contributed by atoms with van der Waals surface area (Å²) < 4.78 is 0. The monoisotopic (exact) mass is 166 g/mol. The molecule has 1 aliphatic carbocycles. The maximum atomic E-state index is 10.6. The van der Waals surface area contributed by atoms with Gasteiger partial charge < -0.3 is 4.79 Å². The highest BCUT2D eigenvalue weighted by Gasteiger charge is 2.21. The van der Waals surface area contributed by atoms with Crippen molar-refractivity contribution in [1.82, 2.24) is 0 Å². The topological polar surface area (TPSA) is 34.1 Å². The van der Waals surface area contributed by atoms with Crippen LogP contribution in [0.3, 0.4) is 0 Å². The Morgan fingerprint density at radius 1 is 1.50 bits per heavy atom. The molecule has 2 nitrogen and oxygen atoms in total. The van der Waals surface area contributed by atoms with Gasteiger partial charge >= 0.3 is 0 Å². The standard InChI is InChI=1S/C10H14O2/c1-8-4-5-9(3-2-6-11)10(8)7-12/h6-7,9H,2-5H2,1H3/t9-/m1/s1. The fourth-order valence-corrected chi connectivity index (χ4v) is 1.80. The van der Waals surface area contributed by atoms with Crippen LogP contribution in [0.2, 0.25) is 0 Å².